The van der Waals surface area contributed by atoms with E-state index in [-0.39, 0.29) is 0 Å². The van der Waals surface area contributed by atoms with E-state index in [1.807, 2.05) is 18.5 Å². The lowest BCUT2D eigenvalue weighted by Crippen LogP contribution is -2.56. The third-order valence-electron chi connectivity index (χ3n) is 4.20. The molecular formula is C14H21N3. The lowest BCUT2D eigenvalue weighted by atomic mass is 9.84. The zero-order chi connectivity index (χ0) is 11.5. The summed E-state index contributed by atoms with van der Waals surface area (Å²) in [5.41, 5.74) is 1.33. The van der Waals surface area contributed by atoms with Gasteiger partial charge in [-0.1, -0.05) is 6.07 Å². The lowest BCUT2D eigenvalue weighted by molar-refractivity contribution is 0.0731. The van der Waals surface area contributed by atoms with Gasteiger partial charge in [-0.3, -0.25) is 4.98 Å². The SMILES string of the molecule is c1cncc(CCNC2CN3CCC2CC3)c1. The molecule has 0 aromatic carbocycles. The first-order chi connectivity index (χ1) is 8.42. The number of aromatic nitrogens is 1. The molecule has 1 unspecified atom stereocenters. The van der Waals surface area contributed by atoms with Gasteiger partial charge < -0.3 is 10.2 Å². The van der Waals surface area contributed by atoms with E-state index in [0.29, 0.717) is 0 Å². The van der Waals surface area contributed by atoms with Crippen molar-refractivity contribution in [2.24, 2.45) is 5.92 Å². The summed E-state index contributed by atoms with van der Waals surface area (Å²) in [4.78, 5) is 6.75. The maximum atomic E-state index is 4.15. The molecular weight excluding hydrogens is 210 g/mol. The number of fused-ring (bicyclic) bond motifs is 3. The second kappa shape index (κ2) is 5.15. The first-order valence-corrected chi connectivity index (χ1v) is 6.76. The highest BCUT2D eigenvalue weighted by atomic mass is 15.2. The summed E-state index contributed by atoms with van der Waals surface area (Å²) in [6.45, 7) is 5.00. The average molecular weight is 231 g/mol. The summed E-state index contributed by atoms with van der Waals surface area (Å²) in [5, 5.41) is 3.73. The van der Waals surface area contributed by atoms with Crippen molar-refractivity contribution >= 4 is 0 Å². The molecule has 3 nitrogen and oxygen atoms in total. The minimum absolute atomic E-state index is 0.731. The van der Waals surface area contributed by atoms with Crippen molar-refractivity contribution in [2.45, 2.75) is 25.3 Å². The van der Waals surface area contributed by atoms with Crippen molar-refractivity contribution in [2.75, 3.05) is 26.2 Å². The highest BCUT2D eigenvalue weighted by Crippen LogP contribution is 2.27. The first-order valence-electron chi connectivity index (χ1n) is 6.76. The number of rotatable bonds is 4. The first kappa shape index (κ1) is 11.2. The molecule has 0 radical (unpaired) electrons. The molecule has 3 aliphatic rings. The van der Waals surface area contributed by atoms with Gasteiger partial charge in [0.2, 0.25) is 0 Å². The second-order valence-electron chi connectivity index (χ2n) is 5.31. The van der Waals surface area contributed by atoms with E-state index < -0.39 is 0 Å². The largest absolute Gasteiger partial charge is 0.312 e. The molecule has 0 saturated carbocycles. The lowest BCUT2D eigenvalue weighted by Gasteiger charge is -2.45. The maximum Gasteiger partial charge on any atom is 0.0300 e. The Balaban J connectivity index is 1.46. The molecule has 0 amide bonds. The van der Waals surface area contributed by atoms with Crippen molar-refractivity contribution in [3.8, 4) is 0 Å². The molecule has 17 heavy (non-hydrogen) atoms. The van der Waals surface area contributed by atoms with E-state index in [2.05, 4.69) is 21.3 Å². The zero-order valence-electron chi connectivity index (χ0n) is 10.3. The molecule has 1 aromatic heterocycles. The minimum atomic E-state index is 0.731. The molecule has 4 heterocycles. The molecule has 1 N–H and O–H groups in total. The predicted molar refractivity (Wildman–Crippen MR) is 68.9 cm³/mol. The smallest absolute Gasteiger partial charge is 0.0300 e. The Morgan fingerprint density at radius 1 is 1.35 bits per heavy atom. The van der Waals surface area contributed by atoms with Crippen LogP contribution in [0.1, 0.15) is 18.4 Å². The van der Waals surface area contributed by atoms with Gasteiger partial charge in [-0.25, -0.2) is 0 Å². The van der Waals surface area contributed by atoms with E-state index >= 15 is 0 Å². The van der Waals surface area contributed by atoms with Crippen molar-refractivity contribution in [3.63, 3.8) is 0 Å². The van der Waals surface area contributed by atoms with Gasteiger partial charge in [0.1, 0.15) is 0 Å². The highest BCUT2D eigenvalue weighted by Gasteiger charge is 2.33. The summed E-state index contributed by atoms with van der Waals surface area (Å²) in [6.07, 6.45) is 7.69. The topological polar surface area (TPSA) is 28.2 Å². The molecule has 3 aliphatic heterocycles. The van der Waals surface area contributed by atoms with Crippen LogP contribution in [0.3, 0.4) is 0 Å². The van der Waals surface area contributed by atoms with E-state index in [4.69, 9.17) is 0 Å². The fraction of sp³-hybridized carbons (Fsp3) is 0.643. The Morgan fingerprint density at radius 2 is 2.24 bits per heavy atom. The van der Waals surface area contributed by atoms with Crippen LogP contribution < -0.4 is 5.32 Å². The third-order valence-corrected chi connectivity index (χ3v) is 4.20. The van der Waals surface area contributed by atoms with Crippen LogP contribution in [0, 0.1) is 5.92 Å². The van der Waals surface area contributed by atoms with Gasteiger partial charge in [0, 0.05) is 25.0 Å². The monoisotopic (exact) mass is 231 g/mol. The Labute approximate surface area is 103 Å². The normalized spacial score (nSPS) is 31.6. The number of hydrogen-bond acceptors (Lipinski definition) is 3. The Bertz CT molecular complexity index is 344. The number of nitrogens with zero attached hydrogens (tertiary/aromatic N) is 2. The molecule has 1 atom stereocenters. The average Bonchev–Trinajstić information content (AvgIpc) is 2.41. The molecule has 3 heteroatoms. The fourth-order valence-corrected chi connectivity index (χ4v) is 3.14. The van der Waals surface area contributed by atoms with Crippen LogP contribution in [0.4, 0.5) is 0 Å². The van der Waals surface area contributed by atoms with Gasteiger partial charge in [0.15, 0.2) is 0 Å². The number of piperidine rings is 3. The molecule has 3 fully saturated rings. The Kier molecular flexibility index (Phi) is 3.39. The van der Waals surface area contributed by atoms with Gasteiger partial charge in [-0.2, -0.15) is 0 Å². The minimum Gasteiger partial charge on any atom is -0.312 e. The Hall–Kier alpha value is -0.930. The molecule has 0 aliphatic carbocycles. The van der Waals surface area contributed by atoms with E-state index in [0.717, 1.165) is 24.9 Å². The van der Waals surface area contributed by atoms with Gasteiger partial charge in [-0.15, -0.1) is 0 Å². The third kappa shape index (κ3) is 2.67. The van der Waals surface area contributed by atoms with Gasteiger partial charge in [-0.05, 0) is 56.4 Å². The van der Waals surface area contributed by atoms with E-state index in [9.17, 15) is 0 Å². The van der Waals surface area contributed by atoms with Crippen LogP contribution in [0.15, 0.2) is 24.5 Å². The number of hydrogen-bond donors (Lipinski definition) is 1. The van der Waals surface area contributed by atoms with Gasteiger partial charge in [0.05, 0.1) is 0 Å². The van der Waals surface area contributed by atoms with Crippen molar-refractivity contribution in [3.05, 3.63) is 30.1 Å². The highest BCUT2D eigenvalue weighted by molar-refractivity contribution is 5.08. The van der Waals surface area contributed by atoms with Crippen molar-refractivity contribution in [1.82, 2.24) is 15.2 Å². The number of nitrogens with one attached hydrogen (secondary N) is 1. The quantitative estimate of drug-likeness (QED) is 0.847. The predicted octanol–water partition coefficient (Wildman–Crippen LogP) is 1.31. The Morgan fingerprint density at radius 3 is 2.88 bits per heavy atom. The molecule has 1 aromatic rings. The van der Waals surface area contributed by atoms with Gasteiger partial charge in [0.25, 0.3) is 0 Å². The summed E-state index contributed by atoms with van der Waals surface area (Å²) >= 11 is 0. The van der Waals surface area contributed by atoms with Crippen LogP contribution in [-0.2, 0) is 6.42 Å². The van der Waals surface area contributed by atoms with Crippen LogP contribution in [0.5, 0.6) is 0 Å². The molecule has 2 bridgehead atoms. The summed E-state index contributed by atoms with van der Waals surface area (Å²) in [7, 11) is 0. The van der Waals surface area contributed by atoms with Gasteiger partial charge >= 0.3 is 0 Å². The maximum absolute atomic E-state index is 4.15. The van der Waals surface area contributed by atoms with Crippen molar-refractivity contribution in [1.29, 1.82) is 0 Å². The van der Waals surface area contributed by atoms with Crippen LogP contribution in [0.2, 0.25) is 0 Å². The summed E-state index contributed by atoms with van der Waals surface area (Å²) in [5.74, 6) is 0.925. The fourth-order valence-electron chi connectivity index (χ4n) is 3.14. The van der Waals surface area contributed by atoms with E-state index in [1.165, 1.54) is 38.0 Å². The number of pyridine rings is 1. The van der Waals surface area contributed by atoms with Crippen LogP contribution >= 0.6 is 0 Å². The molecule has 0 spiro atoms. The standard InChI is InChI=1S/C14H21N3/c1-2-12(10-15-6-1)3-7-16-14-11-17-8-4-13(14)5-9-17/h1-2,6,10,13-14,16H,3-5,7-9,11H2. The molecule has 4 rings (SSSR count). The summed E-state index contributed by atoms with van der Waals surface area (Å²) in [6, 6.07) is 4.91. The van der Waals surface area contributed by atoms with E-state index in [1.54, 1.807) is 0 Å². The van der Waals surface area contributed by atoms with Crippen LogP contribution in [-0.4, -0.2) is 42.1 Å². The second-order valence-corrected chi connectivity index (χ2v) is 5.31. The molecule has 3 saturated heterocycles. The van der Waals surface area contributed by atoms with Crippen molar-refractivity contribution < 1.29 is 0 Å². The molecule has 92 valence electrons. The van der Waals surface area contributed by atoms with Crippen LogP contribution in [0.25, 0.3) is 0 Å². The zero-order valence-corrected chi connectivity index (χ0v) is 10.3. The summed E-state index contributed by atoms with van der Waals surface area (Å²) < 4.78 is 0.